The number of hydrogen-bond donors (Lipinski definition) is 0. The van der Waals surface area contributed by atoms with E-state index in [1.807, 2.05) is 17.0 Å². The molecular weight excluding hydrogens is 424 g/mol. The summed E-state index contributed by atoms with van der Waals surface area (Å²) in [5.41, 5.74) is 2.85. The molecule has 0 saturated carbocycles. The van der Waals surface area contributed by atoms with Crippen LogP contribution in [-0.2, 0) is 13.0 Å². The van der Waals surface area contributed by atoms with Crippen LogP contribution in [0.2, 0.25) is 0 Å². The number of methoxy groups -OCH3 is 2. The number of carbonyl (C=O) groups excluding carboxylic acids is 1. The Morgan fingerprint density at radius 1 is 1.14 bits per heavy atom. The molecule has 0 N–H and O–H groups in total. The summed E-state index contributed by atoms with van der Waals surface area (Å²) in [4.78, 5) is 19.5. The van der Waals surface area contributed by atoms with Gasteiger partial charge in [-0.15, -0.1) is 0 Å². The van der Waals surface area contributed by atoms with E-state index in [4.69, 9.17) is 9.47 Å². The molecule has 3 aromatic rings. The van der Waals surface area contributed by atoms with Crippen LogP contribution in [0.5, 0.6) is 11.5 Å². The number of aromatic nitrogens is 3. The van der Waals surface area contributed by atoms with Gasteiger partial charge in [-0.25, -0.2) is 9.50 Å². The summed E-state index contributed by atoms with van der Waals surface area (Å²) in [6.45, 7) is 4.61. The molecule has 0 atom stereocenters. The molecule has 1 amide bonds. The van der Waals surface area contributed by atoms with Gasteiger partial charge in [-0.2, -0.15) is 5.10 Å². The summed E-state index contributed by atoms with van der Waals surface area (Å²) < 4.78 is 13.3. The molecule has 0 bridgehead atoms. The standard InChI is InChI=1S/C20H21BrN4O3/c1-20(2)8-12-5-16(27-3)17(28-4)6-13(12)10-24(20)19(26)15-7-18-22-9-14(21)11-25(18)23-15/h5-7,9,11H,8,10H2,1-4H3. The van der Waals surface area contributed by atoms with Gasteiger partial charge in [-0.1, -0.05) is 0 Å². The highest BCUT2D eigenvalue weighted by atomic mass is 79.9. The number of rotatable bonds is 3. The molecule has 1 aromatic carbocycles. The fourth-order valence-electron chi connectivity index (χ4n) is 3.66. The van der Waals surface area contributed by atoms with Crippen LogP contribution in [-0.4, -0.2) is 45.2 Å². The average Bonchev–Trinajstić information content (AvgIpc) is 3.08. The van der Waals surface area contributed by atoms with Crippen LogP contribution >= 0.6 is 15.9 Å². The van der Waals surface area contributed by atoms with Gasteiger partial charge in [0, 0.05) is 30.5 Å². The van der Waals surface area contributed by atoms with E-state index in [2.05, 4.69) is 39.9 Å². The summed E-state index contributed by atoms with van der Waals surface area (Å²) in [5.74, 6) is 1.25. The first-order valence-corrected chi connectivity index (χ1v) is 9.68. The maximum Gasteiger partial charge on any atom is 0.275 e. The van der Waals surface area contributed by atoms with Crippen molar-refractivity contribution in [3.05, 3.63) is 51.9 Å². The lowest BCUT2D eigenvalue weighted by Crippen LogP contribution is -2.51. The van der Waals surface area contributed by atoms with Gasteiger partial charge in [0.15, 0.2) is 22.8 Å². The number of amides is 1. The van der Waals surface area contributed by atoms with E-state index in [0.717, 1.165) is 15.6 Å². The van der Waals surface area contributed by atoms with E-state index in [1.165, 1.54) is 0 Å². The minimum atomic E-state index is -0.368. The number of ether oxygens (including phenoxy) is 2. The predicted molar refractivity (Wildman–Crippen MR) is 108 cm³/mol. The van der Waals surface area contributed by atoms with Crippen LogP contribution in [0.25, 0.3) is 5.65 Å². The maximum absolute atomic E-state index is 13.3. The van der Waals surface area contributed by atoms with Gasteiger partial charge in [0.05, 0.1) is 18.7 Å². The van der Waals surface area contributed by atoms with Gasteiger partial charge < -0.3 is 14.4 Å². The second-order valence-corrected chi connectivity index (χ2v) is 8.38. The lowest BCUT2D eigenvalue weighted by molar-refractivity contribution is 0.0481. The number of halogens is 1. The van der Waals surface area contributed by atoms with Crippen molar-refractivity contribution < 1.29 is 14.3 Å². The summed E-state index contributed by atoms with van der Waals surface area (Å²) >= 11 is 3.38. The number of nitrogens with zero attached hydrogens (tertiary/aromatic N) is 4. The van der Waals surface area contributed by atoms with Crippen molar-refractivity contribution in [2.45, 2.75) is 32.4 Å². The molecule has 1 aliphatic heterocycles. The van der Waals surface area contributed by atoms with Crippen molar-refractivity contribution in [1.29, 1.82) is 0 Å². The van der Waals surface area contributed by atoms with E-state index in [0.29, 0.717) is 35.8 Å². The highest BCUT2D eigenvalue weighted by molar-refractivity contribution is 9.10. The third-order valence-electron chi connectivity index (χ3n) is 5.13. The van der Waals surface area contributed by atoms with E-state index in [-0.39, 0.29) is 11.4 Å². The maximum atomic E-state index is 13.3. The van der Waals surface area contributed by atoms with Gasteiger partial charge in [0.25, 0.3) is 5.91 Å². The molecule has 28 heavy (non-hydrogen) atoms. The topological polar surface area (TPSA) is 69.0 Å². The quantitative estimate of drug-likeness (QED) is 0.618. The largest absolute Gasteiger partial charge is 0.493 e. The minimum Gasteiger partial charge on any atom is -0.493 e. The fourth-order valence-corrected chi connectivity index (χ4v) is 3.96. The SMILES string of the molecule is COc1cc2c(cc1OC)CC(C)(C)N(C(=O)c1cc3ncc(Br)cn3n1)C2. The monoisotopic (exact) mass is 444 g/mol. The summed E-state index contributed by atoms with van der Waals surface area (Å²) in [6.07, 6.45) is 4.19. The molecular formula is C20H21BrN4O3. The number of fused-ring (bicyclic) bond motifs is 2. The Hall–Kier alpha value is -2.61. The van der Waals surface area contributed by atoms with Gasteiger partial charge >= 0.3 is 0 Å². The Kier molecular flexibility index (Phi) is 4.53. The normalized spacial score (nSPS) is 15.4. The van der Waals surface area contributed by atoms with Gasteiger partial charge in [0.2, 0.25) is 0 Å². The summed E-state index contributed by atoms with van der Waals surface area (Å²) in [6, 6.07) is 5.67. The van der Waals surface area contributed by atoms with Gasteiger partial charge in [0.1, 0.15) is 0 Å². The van der Waals surface area contributed by atoms with Crippen molar-refractivity contribution in [1.82, 2.24) is 19.5 Å². The summed E-state index contributed by atoms with van der Waals surface area (Å²) in [5, 5.41) is 4.42. The zero-order valence-electron chi connectivity index (χ0n) is 16.2. The highest BCUT2D eigenvalue weighted by Crippen LogP contribution is 2.38. The zero-order chi connectivity index (χ0) is 20.1. The van der Waals surface area contributed by atoms with Crippen LogP contribution in [0.15, 0.2) is 35.1 Å². The van der Waals surface area contributed by atoms with Crippen molar-refractivity contribution in [2.75, 3.05) is 14.2 Å². The van der Waals surface area contributed by atoms with Crippen LogP contribution in [0, 0.1) is 0 Å². The van der Waals surface area contributed by atoms with Crippen molar-refractivity contribution >= 4 is 27.5 Å². The van der Waals surface area contributed by atoms with E-state index >= 15 is 0 Å². The average molecular weight is 445 g/mol. The molecule has 3 heterocycles. The zero-order valence-corrected chi connectivity index (χ0v) is 17.8. The molecule has 0 aliphatic carbocycles. The van der Waals surface area contributed by atoms with E-state index < -0.39 is 0 Å². The highest BCUT2D eigenvalue weighted by Gasteiger charge is 2.38. The smallest absolute Gasteiger partial charge is 0.275 e. The molecule has 0 saturated heterocycles. The molecule has 0 fully saturated rings. The minimum absolute atomic E-state index is 0.118. The van der Waals surface area contributed by atoms with E-state index in [9.17, 15) is 4.79 Å². The Morgan fingerprint density at radius 2 is 1.82 bits per heavy atom. The van der Waals surface area contributed by atoms with Crippen LogP contribution < -0.4 is 9.47 Å². The third-order valence-corrected chi connectivity index (χ3v) is 5.54. The first-order chi connectivity index (χ1) is 13.3. The second-order valence-electron chi connectivity index (χ2n) is 7.46. The lowest BCUT2D eigenvalue weighted by Gasteiger charge is -2.43. The third kappa shape index (κ3) is 3.11. The van der Waals surface area contributed by atoms with Crippen LogP contribution in [0.1, 0.15) is 35.5 Å². The molecule has 1 aliphatic rings. The van der Waals surface area contributed by atoms with E-state index in [1.54, 1.807) is 37.2 Å². The Bertz CT molecular complexity index is 1080. The van der Waals surface area contributed by atoms with Crippen molar-refractivity contribution in [3.63, 3.8) is 0 Å². The molecule has 0 unspecified atom stereocenters. The molecule has 8 heteroatoms. The second kappa shape index (κ2) is 6.77. The van der Waals surface area contributed by atoms with Crippen LogP contribution in [0.4, 0.5) is 0 Å². The van der Waals surface area contributed by atoms with Gasteiger partial charge in [-0.3, -0.25) is 4.79 Å². The number of carbonyl (C=O) groups is 1. The first-order valence-electron chi connectivity index (χ1n) is 8.89. The van der Waals surface area contributed by atoms with Crippen LogP contribution in [0.3, 0.4) is 0 Å². The van der Waals surface area contributed by atoms with Gasteiger partial charge in [-0.05, 0) is 59.5 Å². The molecule has 0 radical (unpaired) electrons. The first kappa shape index (κ1) is 18.7. The number of hydrogen-bond acceptors (Lipinski definition) is 5. The van der Waals surface area contributed by atoms with Crippen molar-refractivity contribution in [3.8, 4) is 11.5 Å². The molecule has 0 spiro atoms. The molecule has 146 valence electrons. The fraction of sp³-hybridized carbons (Fsp3) is 0.350. The lowest BCUT2D eigenvalue weighted by atomic mass is 9.85. The molecule has 4 rings (SSSR count). The van der Waals surface area contributed by atoms with Crippen molar-refractivity contribution in [2.24, 2.45) is 0 Å². The Balaban J connectivity index is 1.71. The Morgan fingerprint density at radius 3 is 2.50 bits per heavy atom. The predicted octanol–water partition coefficient (Wildman–Crippen LogP) is 3.49. The molecule has 2 aromatic heterocycles. The molecule has 7 nitrogen and oxygen atoms in total. The Labute approximate surface area is 171 Å². The summed E-state index contributed by atoms with van der Waals surface area (Å²) in [7, 11) is 3.24. The number of benzene rings is 1.